The summed E-state index contributed by atoms with van der Waals surface area (Å²) in [6.45, 7) is 1.87. The quantitative estimate of drug-likeness (QED) is 0.647. The number of amides is 2. The molecule has 1 aliphatic heterocycles. The van der Waals surface area contributed by atoms with E-state index < -0.39 is 5.91 Å². The SMILES string of the molecule is NC(=O)c1ccc(N2CCCC2)c(NC(=O)/C=C/c2cccc3ccccc23)c1. The van der Waals surface area contributed by atoms with E-state index in [1.54, 1.807) is 12.1 Å². The fourth-order valence-electron chi connectivity index (χ4n) is 3.76. The van der Waals surface area contributed by atoms with Crippen molar-refractivity contribution in [2.24, 2.45) is 5.73 Å². The van der Waals surface area contributed by atoms with Crippen LogP contribution in [0.1, 0.15) is 28.8 Å². The second kappa shape index (κ2) is 8.19. The maximum absolute atomic E-state index is 12.6. The number of nitrogens with two attached hydrogens (primary N) is 1. The second-order valence-electron chi connectivity index (χ2n) is 7.18. The normalized spacial score (nSPS) is 13.9. The number of fused-ring (bicyclic) bond motifs is 1. The molecule has 0 aliphatic carbocycles. The Bertz CT molecular complexity index is 1090. The zero-order valence-electron chi connectivity index (χ0n) is 16.1. The zero-order valence-corrected chi connectivity index (χ0v) is 16.1. The van der Waals surface area contributed by atoms with Crippen molar-refractivity contribution in [3.8, 4) is 0 Å². The molecule has 0 bridgehead atoms. The van der Waals surface area contributed by atoms with Gasteiger partial charge in [-0.1, -0.05) is 42.5 Å². The van der Waals surface area contributed by atoms with Crippen LogP contribution in [0.15, 0.2) is 66.7 Å². The Balaban J connectivity index is 1.59. The van der Waals surface area contributed by atoms with Crippen LogP contribution in [0.2, 0.25) is 0 Å². The zero-order chi connectivity index (χ0) is 20.2. The molecule has 3 N–H and O–H groups in total. The summed E-state index contributed by atoms with van der Waals surface area (Å²) in [6.07, 6.45) is 5.56. The molecule has 0 atom stereocenters. The van der Waals surface area contributed by atoms with E-state index in [1.807, 2.05) is 54.6 Å². The molecular weight excluding hydrogens is 362 g/mol. The van der Waals surface area contributed by atoms with Crippen LogP contribution >= 0.6 is 0 Å². The smallest absolute Gasteiger partial charge is 0.248 e. The van der Waals surface area contributed by atoms with E-state index in [2.05, 4.69) is 10.2 Å². The van der Waals surface area contributed by atoms with E-state index in [0.717, 1.165) is 48.0 Å². The number of hydrogen-bond acceptors (Lipinski definition) is 3. The highest BCUT2D eigenvalue weighted by atomic mass is 16.1. The van der Waals surface area contributed by atoms with Crippen molar-refractivity contribution in [1.82, 2.24) is 0 Å². The summed E-state index contributed by atoms with van der Waals surface area (Å²) in [5.41, 5.74) is 8.30. The maximum atomic E-state index is 12.6. The third-order valence-corrected chi connectivity index (χ3v) is 5.22. The van der Waals surface area contributed by atoms with Gasteiger partial charge in [0.2, 0.25) is 11.8 Å². The van der Waals surface area contributed by atoms with Crippen LogP contribution in [0, 0.1) is 0 Å². The molecule has 3 aromatic rings. The Labute approximate surface area is 169 Å². The Hall–Kier alpha value is -3.60. The number of benzene rings is 3. The third kappa shape index (κ3) is 4.14. The second-order valence-corrected chi connectivity index (χ2v) is 7.18. The third-order valence-electron chi connectivity index (χ3n) is 5.22. The van der Waals surface area contributed by atoms with Gasteiger partial charge in [-0.05, 0) is 53.5 Å². The first kappa shape index (κ1) is 18.7. The molecule has 146 valence electrons. The molecule has 0 aromatic heterocycles. The van der Waals surface area contributed by atoms with Gasteiger partial charge in [0, 0.05) is 24.7 Å². The first-order chi connectivity index (χ1) is 14.1. The molecule has 29 heavy (non-hydrogen) atoms. The van der Waals surface area contributed by atoms with E-state index in [-0.39, 0.29) is 5.91 Å². The molecule has 2 amide bonds. The summed E-state index contributed by atoms with van der Waals surface area (Å²) in [7, 11) is 0. The fourth-order valence-corrected chi connectivity index (χ4v) is 3.76. The minimum atomic E-state index is -0.514. The highest BCUT2D eigenvalue weighted by molar-refractivity contribution is 6.06. The lowest BCUT2D eigenvalue weighted by atomic mass is 10.0. The fraction of sp³-hybridized carbons (Fsp3) is 0.167. The molecule has 1 saturated heterocycles. The number of nitrogens with zero attached hydrogens (tertiary/aromatic N) is 1. The first-order valence-corrected chi connectivity index (χ1v) is 9.77. The van der Waals surface area contributed by atoms with Crippen LogP contribution in [-0.4, -0.2) is 24.9 Å². The van der Waals surface area contributed by atoms with E-state index in [0.29, 0.717) is 11.3 Å². The maximum Gasteiger partial charge on any atom is 0.248 e. The van der Waals surface area contributed by atoms with Crippen molar-refractivity contribution in [2.75, 3.05) is 23.3 Å². The van der Waals surface area contributed by atoms with Gasteiger partial charge in [0.25, 0.3) is 0 Å². The van der Waals surface area contributed by atoms with Gasteiger partial charge in [-0.2, -0.15) is 0 Å². The van der Waals surface area contributed by atoms with Gasteiger partial charge >= 0.3 is 0 Å². The van der Waals surface area contributed by atoms with E-state index in [9.17, 15) is 9.59 Å². The van der Waals surface area contributed by atoms with Gasteiger partial charge in [0.15, 0.2) is 0 Å². The lowest BCUT2D eigenvalue weighted by molar-refractivity contribution is -0.111. The lowest BCUT2D eigenvalue weighted by Crippen LogP contribution is -2.21. The molecule has 1 aliphatic rings. The number of carbonyl (C=O) groups is 2. The van der Waals surface area contributed by atoms with Crippen LogP contribution < -0.4 is 16.0 Å². The average molecular weight is 385 g/mol. The summed E-state index contributed by atoms with van der Waals surface area (Å²) >= 11 is 0. The average Bonchev–Trinajstić information content (AvgIpc) is 3.26. The van der Waals surface area contributed by atoms with E-state index in [1.165, 1.54) is 6.08 Å². The Morgan fingerprint density at radius 1 is 0.966 bits per heavy atom. The Morgan fingerprint density at radius 3 is 2.52 bits per heavy atom. The molecule has 5 nitrogen and oxygen atoms in total. The summed E-state index contributed by atoms with van der Waals surface area (Å²) in [6, 6.07) is 19.3. The predicted octanol–water partition coefficient (Wildman–Crippen LogP) is 4.19. The number of primary amides is 1. The minimum Gasteiger partial charge on any atom is -0.370 e. The van der Waals surface area contributed by atoms with Crippen molar-refractivity contribution in [1.29, 1.82) is 0 Å². The molecule has 0 unspecified atom stereocenters. The number of rotatable bonds is 5. The molecule has 3 aromatic carbocycles. The van der Waals surface area contributed by atoms with Crippen LogP contribution in [0.3, 0.4) is 0 Å². The van der Waals surface area contributed by atoms with Gasteiger partial charge < -0.3 is 16.0 Å². The van der Waals surface area contributed by atoms with Crippen LogP contribution in [0.4, 0.5) is 11.4 Å². The molecule has 4 rings (SSSR count). The summed E-state index contributed by atoms with van der Waals surface area (Å²) in [5.74, 6) is -0.764. The van der Waals surface area contributed by atoms with Crippen molar-refractivity contribution >= 4 is 40.0 Å². The van der Waals surface area contributed by atoms with Gasteiger partial charge in [-0.3, -0.25) is 9.59 Å². The Kier molecular flexibility index (Phi) is 5.29. The minimum absolute atomic E-state index is 0.250. The predicted molar refractivity (Wildman–Crippen MR) is 118 cm³/mol. The van der Waals surface area contributed by atoms with Crippen molar-refractivity contribution in [3.63, 3.8) is 0 Å². The first-order valence-electron chi connectivity index (χ1n) is 9.77. The number of anilines is 2. The van der Waals surface area contributed by atoms with Crippen LogP contribution in [-0.2, 0) is 4.79 Å². The van der Waals surface area contributed by atoms with Gasteiger partial charge in [-0.25, -0.2) is 0 Å². The number of carbonyl (C=O) groups excluding carboxylic acids is 2. The highest BCUT2D eigenvalue weighted by Crippen LogP contribution is 2.30. The standard InChI is InChI=1S/C24H23N3O2/c25-24(29)19-10-12-22(27-14-3-4-15-27)21(16-19)26-23(28)13-11-18-8-5-7-17-6-1-2-9-20(17)18/h1-2,5-13,16H,3-4,14-15H2,(H2,25,29)(H,26,28)/b13-11+. The molecule has 0 radical (unpaired) electrons. The summed E-state index contributed by atoms with van der Waals surface area (Å²) in [5, 5.41) is 5.14. The van der Waals surface area contributed by atoms with Crippen molar-refractivity contribution in [2.45, 2.75) is 12.8 Å². The van der Waals surface area contributed by atoms with Crippen molar-refractivity contribution < 1.29 is 9.59 Å². The Morgan fingerprint density at radius 2 is 1.72 bits per heavy atom. The number of hydrogen-bond donors (Lipinski definition) is 2. The molecule has 5 heteroatoms. The molecule has 0 spiro atoms. The largest absolute Gasteiger partial charge is 0.370 e. The number of nitrogens with one attached hydrogen (secondary N) is 1. The molecular formula is C24H23N3O2. The van der Waals surface area contributed by atoms with Crippen LogP contribution in [0.5, 0.6) is 0 Å². The summed E-state index contributed by atoms with van der Waals surface area (Å²) in [4.78, 5) is 26.4. The van der Waals surface area contributed by atoms with E-state index >= 15 is 0 Å². The highest BCUT2D eigenvalue weighted by Gasteiger charge is 2.18. The van der Waals surface area contributed by atoms with Gasteiger partial charge in [0.1, 0.15) is 0 Å². The monoisotopic (exact) mass is 385 g/mol. The van der Waals surface area contributed by atoms with Gasteiger partial charge in [0.05, 0.1) is 11.4 Å². The molecule has 0 saturated carbocycles. The van der Waals surface area contributed by atoms with Crippen molar-refractivity contribution in [3.05, 3.63) is 77.9 Å². The lowest BCUT2D eigenvalue weighted by Gasteiger charge is -2.21. The molecule has 1 heterocycles. The topological polar surface area (TPSA) is 75.4 Å². The van der Waals surface area contributed by atoms with E-state index in [4.69, 9.17) is 5.73 Å². The van der Waals surface area contributed by atoms with Gasteiger partial charge in [-0.15, -0.1) is 0 Å². The molecule has 1 fully saturated rings. The summed E-state index contributed by atoms with van der Waals surface area (Å²) < 4.78 is 0. The van der Waals surface area contributed by atoms with Crippen LogP contribution in [0.25, 0.3) is 16.8 Å².